The van der Waals surface area contributed by atoms with Crippen molar-refractivity contribution in [2.75, 3.05) is 11.5 Å². The molecule has 3 rings (SSSR count). The fourth-order valence-electron chi connectivity index (χ4n) is 3.09. The minimum atomic E-state index is -0.277. The first-order valence-electron chi connectivity index (χ1n) is 9.43. The number of hydrogen-bond acceptors (Lipinski definition) is 4. The molecule has 2 aromatic rings. The third-order valence-electron chi connectivity index (χ3n) is 4.60. The van der Waals surface area contributed by atoms with E-state index in [2.05, 4.69) is 0 Å². The molecule has 4 nitrogen and oxygen atoms in total. The van der Waals surface area contributed by atoms with Gasteiger partial charge in [0.25, 0.3) is 11.8 Å². The lowest BCUT2D eigenvalue weighted by molar-refractivity contribution is -0.119. The van der Waals surface area contributed by atoms with E-state index in [9.17, 15) is 9.59 Å². The highest BCUT2D eigenvalue weighted by Gasteiger charge is 2.40. The molecule has 1 aliphatic heterocycles. The molecule has 5 heteroatoms. The predicted octanol–water partition coefficient (Wildman–Crippen LogP) is 5.13. The molecule has 0 aliphatic carbocycles. The van der Waals surface area contributed by atoms with Crippen molar-refractivity contribution in [3.8, 4) is 5.75 Å². The number of rotatable bonds is 6. The average Bonchev–Trinajstić information content (AvgIpc) is 2.88. The van der Waals surface area contributed by atoms with Crippen LogP contribution >= 0.6 is 11.8 Å². The maximum absolute atomic E-state index is 13.3. The van der Waals surface area contributed by atoms with Gasteiger partial charge in [-0.05, 0) is 61.7 Å². The van der Waals surface area contributed by atoms with Gasteiger partial charge < -0.3 is 4.74 Å². The van der Waals surface area contributed by atoms with E-state index < -0.39 is 0 Å². The van der Waals surface area contributed by atoms with Gasteiger partial charge in [-0.15, -0.1) is 11.8 Å². The molecule has 2 aromatic carbocycles. The zero-order chi connectivity index (χ0) is 20.4. The summed E-state index contributed by atoms with van der Waals surface area (Å²) in [6.07, 6.45) is 0. The molecule has 0 bridgehead atoms. The van der Waals surface area contributed by atoms with Crippen LogP contribution in [0.5, 0.6) is 5.75 Å². The Hall–Kier alpha value is -2.53. The number of thioether (sulfide) groups is 1. The molecule has 146 valence electrons. The molecule has 0 saturated carbocycles. The van der Waals surface area contributed by atoms with E-state index in [4.69, 9.17) is 4.74 Å². The van der Waals surface area contributed by atoms with Crippen LogP contribution in [0.3, 0.4) is 0 Å². The Morgan fingerprint density at radius 2 is 1.64 bits per heavy atom. The van der Waals surface area contributed by atoms with Crippen LogP contribution in [0, 0.1) is 13.8 Å². The number of carbonyl (C=O) groups is 2. The standard InChI is InChI=1S/C23H25NO3S/c1-6-27-19-11-8-17(9-12-19)20-21(28-14(2)3)23(26)24(22(20)25)18-10-7-15(4)16(5)13-18/h7-14H,6H2,1-5H3. The summed E-state index contributed by atoms with van der Waals surface area (Å²) in [5, 5.41) is 0.184. The lowest BCUT2D eigenvalue weighted by Gasteiger charge is -2.17. The number of imide groups is 1. The Labute approximate surface area is 170 Å². The third-order valence-corrected chi connectivity index (χ3v) is 5.68. The summed E-state index contributed by atoms with van der Waals surface area (Å²) >= 11 is 1.43. The van der Waals surface area contributed by atoms with Crippen molar-refractivity contribution in [3.05, 3.63) is 64.1 Å². The van der Waals surface area contributed by atoms with Gasteiger partial charge in [0.2, 0.25) is 0 Å². The van der Waals surface area contributed by atoms with E-state index in [0.29, 0.717) is 22.8 Å². The van der Waals surface area contributed by atoms with Gasteiger partial charge in [0.15, 0.2) is 0 Å². The number of amides is 2. The van der Waals surface area contributed by atoms with Gasteiger partial charge >= 0.3 is 0 Å². The monoisotopic (exact) mass is 395 g/mol. The predicted molar refractivity (Wildman–Crippen MR) is 116 cm³/mol. The Kier molecular flexibility index (Phi) is 5.94. The van der Waals surface area contributed by atoms with E-state index in [-0.39, 0.29) is 17.1 Å². The van der Waals surface area contributed by atoms with Gasteiger partial charge in [0.1, 0.15) is 5.75 Å². The fraction of sp³-hybridized carbons (Fsp3) is 0.304. The van der Waals surface area contributed by atoms with Gasteiger partial charge in [-0.2, -0.15) is 0 Å². The Morgan fingerprint density at radius 3 is 2.21 bits per heavy atom. The second-order valence-electron chi connectivity index (χ2n) is 7.04. The Bertz CT molecular complexity index is 945. The van der Waals surface area contributed by atoms with Crippen LogP contribution in [0.4, 0.5) is 5.69 Å². The first-order chi connectivity index (χ1) is 13.3. The number of ether oxygens (including phenoxy) is 1. The van der Waals surface area contributed by atoms with Crippen LogP contribution in [-0.4, -0.2) is 23.7 Å². The maximum atomic E-state index is 13.3. The SMILES string of the molecule is CCOc1ccc(C2=C(SC(C)C)C(=O)N(c3ccc(C)c(C)c3)C2=O)cc1. The number of anilines is 1. The molecule has 1 aliphatic rings. The molecule has 0 atom stereocenters. The minimum Gasteiger partial charge on any atom is -0.494 e. The van der Waals surface area contributed by atoms with E-state index in [1.807, 2.05) is 77.1 Å². The molecule has 0 N–H and O–H groups in total. The molecule has 0 unspecified atom stereocenters. The summed E-state index contributed by atoms with van der Waals surface area (Å²) in [5.74, 6) is 0.212. The van der Waals surface area contributed by atoms with Crippen LogP contribution in [-0.2, 0) is 9.59 Å². The number of hydrogen-bond donors (Lipinski definition) is 0. The first kappa shape index (κ1) is 20.2. The van der Waals surface area contributed by atoms with E-state index in [1.165, 1.54) is 16.7 Å². The quantitative estimate of drug-likeness (QED) is 0.636. The second-order valence-corrected chi connectivity index (χ2v) is 8.63. The zero-order valence-corrected chi connectivity index (χ0v) is 17.7. The molecular formula is C23H25NO3S. The van der Waals surface area contributed by atoms with Crippen molar-refractivity contribution in [1.29, 1.82) is 0 Å². The summed E-state index contributed by atoms with van der Waals surface area (Å²) in [6, 6.07) is 13.0. The highest BCUT2D eigenvalue weighted by atomic mass is 32.2. The lowest BCUT2D eigenvalue weighted by atomic mass is 10.1. The van der Waals surface area contributed by atoms with Crippen LogP contribution in [0.15, 0.2) is 47.4 Å². The van der Waals surface area contributed by atoms with Gasteiger partial charge in [0.05, 0.1) is 22.8 Å². The molecular weight excluding hydrogens is 370 g/mol. The molecule has 0 aromatic heterocycles. The molecule has 0 spiro atoms. The van der Waals surface area contributed by atoms with E-state index >= 15 is 0 Å². The number of carbonyl (C=O) groups excluding carboxylic acids is 2. The summed E-state index contributed by atoms with van der Waals surface area (Å²) in [5.41, 5.74) is 3.98. The Balaban J connectivity index is 2.05. The fourth-order valence-corrected chi connectivity index (χ4v) is 4.08. The smallest absolute Gasteiger partial charge is 0.272 e. The van der Waals surface area contributed by atoms with Crippen LogP contribution in [0.1, 0.15) is 37.5 Å². The van der Waals surface area contributed by atoms with Gasteiger partial charge in [0, 0.05) is 5.25 Å². The average molecular weight is 396 g/mol. The highest BCUT2D eigenvalue weighted by Crippen LogP contribution is 2.40. The van der Waals surface area contributed by atoms with Crippen molar-refractivity contribution in [2.45, 2.75) is 39.9 Å². The molecule has 28 heavy (non-hydrogen) atoms. The highest BCUT2D eigenvalue weighted by molar-refractivity contribution is 8.04. The van der Waals surface area contributed by atoms with E-state index in [0.717, 1.165) is 22.4 Å². The molecule has 0 radical (unpaired) electrons. The minimum absolute atomic E-state index is 0.184. The van der Waals surface area contributed by atoms with Crippen LogP contribution in [0.2, 0.25) is 0 Å². The van der Waals surface area contributed by atoms with Gasteiger partial charge in [-0.25, -0.2) is 4.90 Å². The van der Waals surface area contributed by atoms with Gasteiger partial charge in [-0.1, -0.05) is 32.0 Å². The Morgan fingerprint density at radius 1 is 0.964 bits per heavy atom. The molecule has 2 amide bonds. The van der Waals surface area contributed by atoms with E-state index in [1.54, 1.807) is 0 Å². The van der Waals surface area contributed by atoms with Crippen molar-refractivity contribution in [2.24, 2.45) is 0 Å². The van der Waals surface area contributed by atoms with Gasteiger partial charge in [-0.3, -0.25) is 9.59 Å². The van der Waals surface area contributed by atoms with Crippen molar-refractivity contribution in [1.82, 2.24) is 0 Å². The number of aryl methyl sites for hydroxylation is 2. The second kappa shape index (κ2) is 8.23. The number of nitrogens with zero attached hydrogens (tertiary/aromatic N) is 1. The van der Waals surface area contributed by atoms with Crippen molar-refractivity contribution >= 4 is 34.8 Å². The largest absolute Gasteiger partial charge is 0.494 e. The topological polar surface area (TPSA) is 46.6 Å². The van der Waals surface area contributed by atoms with Crippen molar-refractivity contribution in [3.63, 3.8) is 0 Å². The molecule has 0 fully saturated rings. The normalized spacial score (nSPS) is 14.4. The summed E-state index contributed by atoms with van der Waals surface area (Å²) < 4.78 is 5.49. The summed E-state index contributed by atoms with van der Waals surface area (Å²) in [7, 11) is 0. The summed E-state index contributed by atoms with van der Waals surface area (Å²) in [4.78, 5) is 28.3. The maximum Gasteiger partial charge on any atom is 0.272 e. The van der Waals surface area contributed by atoms with Crippen molar-refractivity contribution < 1.29 is 14.3 Å². The molecule has 1 heterocycles. The number of benzene rings is 2. The zero-order valence-electron chi connectivity index (χ0n) is 16.9. The van der Waals surface area contributed by atoms with Crippen LogP contribution in [0.25, 0.3) is 5.57 Å². The third kappa shape index (κ3) is 3.85. The summed E-state index contributed by atoms with van der Waals surface area (Å²) in [6.45, 7) is 10.5. The molecule has 0 saturated heterocycles. The van der Waals surface area contributed by atoms with Crippen LogP contribution < -0.4 is 9.64 Å². The first-order valence-corrected chi connectivity index (χ1v) is 10.3. The lowest BCUT2D eigenvalue weighted by Crippen LogP contribution is -2.31.